The van der Waals surface area contributed by atoms with Crippen molar-refractivity contribution in [2.75, 3.05) is 29.9 Å². The SMILES string of the molecule is CC(C)(C)c1cccc(NC(=O)C2CCCN(C(=O)c3ccccc3N3CCCC3)C2C2CCCC2)c1. The third kappa shape index (κ3) is 5.56. The molecule has 2 amide bonds. The largest absolute Gasteiger partial charge is 0.371 e. The Hall–Kier alpha value is -2.82. The number of anilines is 2. The Morgan fingerprint density at radius 1 is 0.838 bits per heavy atom. The first-order valence-electron chi connectivity index (χ1n) is 14.4. The van der Waals surface area contributed by atoms with Crippen LogP contribution >= 0.6 is 0 Å². The summed E-state index contributed by atoms with van der Waals surface area (Å²) in [7, 11) is 0. The second-order valence-electron chi connectivity index (χ2n) is 12.3. The van der Waals surface area contributed by atoms with Crippen molar-refractivity contribution in [3.05, 3.63) is 59.7 Å². The van der Waals surface area contributed by atoms with Crippen LogP contribution in [-0.4, -0.2) is 42.4 Å². The van der Waals surface area contributed by atoms with Crippen molar-refractivity contribution in [1.29, 1.82) is 0 Å². The van der Waals surface area contributed by atoms with Crippen LogP contribution in [0.3, 0.4) is 0 Å². The highest BCUT2D eigenvalue weighted by molar-refractivity contribution is 6.01. The number of rotatable bonds is 5. The summed E-state index contributed by atoms with van der Waals surface area (Å²) in [5, 5.41) is 3.25. The molecule has 3 fully saturated rings. The number of likely N-dealkylation sites (tertiary alicyclic amines) is 1. The van der Waals surface area contributed by atoms with Gasteiger partial charge in [0, 0.05) is 37.1 Å². The second kappa shape index (κ2) is 10.9. The van der Waals surface area contributed by atoms with Gasteiger partial charge in [-0.2, -0.15) is 0 Å². The van der Waals surface area contributed by atoms with E-state index in [4.69, 9.17) is 0 Å². The van der Waals surface area contributed by atoms with Gasteiger partial charge in [0.2, 0.25) is 5.91 Å². The van der Waals surface area contributed by atoms with Crippen LogP contribution in [0.15, 0.2) is 48.5 Å². The molecule has 3 aliphatic rings. The van der Waals surface area contributed by atoms with E-state index in [2.05, 4.69) is 54.1 Å². The molecular formula is C32H43N3O2. The van der Waals surface area contributed by atoms with Gasteiger partial charge in [0.25, 0.3) is 5.91 Å². The van der Waals surface area contributed by atoms with E-state index >= 15 is 0 Å². The summed E-state index contributed by atoms with van der Waals surface area (Å²) in [6, 6.07) is 16.3. The zero-order chi connectivity index (χ0) is 26.0. The van der Waals surface area contributed by atoms with Gasteiger partial charge in [0.1, 0.15) is 0 Å². The topological polar surface area (TPSA) is 52.7 Å². The lowest BCUT2D eigenvalue weighted by Gasteiger charge is -2.44. The van der Waals surface area contributed by atoms with Crippen LogP contribution in [0.5, 0.6) is 0 Å². The number of para-hydroxylation sites is 1. The smallest absolute Gasteiger partial charge is 0.256 e. The third-order valence-electron chi connectivity index (χ3n) is 8.74. The molecule has 2 saturated heterocycles. The highest BCUT2D eigenvalue weighted by Gasteiger charge is 2.44. The lowest BCUT2D eigenvalue weighted by Crippen LogP contribution is -2.54. The van der Waals surface area contributed by atoms with Crippen LogP contribution < -0.4 is 10.2 Å². The van der Waals surface area contributed by atoms with E-state index in [9.17, 15) is 9.59 Å². The molecule has 37 heavy (non-hydrogen) atoms. The third-order valence-corrected chi connectivity index (χ3v) is 8.74. The highest BCUT2D eigenvalue weighted by atomic mass is 16.2. The van der Waals surface area contributed by atoms with Crippen molar-refractivity contribution in [2.45, 2.75) is 83.6 Å². The Morgan fingerprint density at radius 2 is 1.57 bits per heavy atom. The molecule has 5 heteroatoms. The number of nitrogens with zero attached hydrogens (tertiary/aromatic N) is 2. The summed E-state index contributed by atoms with van der Waals surface area (Å²) < 4.78 is 0. The summed E-state index contributed by atoms with van der Waals surface area (Å²) >= 11 is 0. The van der Waals surface area contributed by atoms with Crippen molar-refractivity contribution in [3.63, 3.8) is 0 Å². The summed E-state index contributed by atoms with van der Waals surface area (Å²) in [6.07, 6.45) is 8.64. The van der Waals surface area contributed by atoms with Gasteiger partial charge in [0.15, 0.2) is 0 Å². The molecule has 0 radical (unpaired) electrons. The average molecular weight is 502 g/mol. The van der Waals surface area contributed by atoms with Crippen molar-refractivity contribution in [1.82, 2.24) is 4.90 Å². The molecule has 198 valence electrons. The molecule has 0 aromatic heterocycles. The molecule has 2 atom stereocenters. The van der Waals surface area contributed by atoms with E-state index in [1.165, 1.54) is 31.2 Å². The normalized spacial score (nSPS) is 22.9. The highest BCUT2D eigenvalue weighted by Crippen LogP contribution is 2.40. The van der Waals surface area contributed by atoms with E-state index in [-0.39, 0.29) is 29.2 Å². The molecule has 0 bridgehead atoms. The number of amides is 2. The predicted octanol–water partition coefficient (Wildman–Crippen LogP) is 6.63. The van der Waals surface area contributed by atoms with E-state index in [1.54, 1.807) is 0 Å². The lowest BCUT2D eigenvalue weighted by molar-refractivity contribution is -0.124. The summed E-state index contributed by atoms with van der Waals surface area (Å²) in [5.74, 6) is 0.373. The van der Waals surface area contributed by atoms with Crippen LogP contribution in [-0.2, 0) is 10.2 Å². The summed E-state index contributed by atoms with van der Waals surface area (Å²) in [6.45, 7) is 9.32. The minimum atomic E-state index is -0.182. The minimum Gasteiger partial charge on any atom is -0.371 e. The lowest BCUT2D eigenvalue weighted by atomic mass is 9.79. The average Bonchev–Trinajstić information content (AvgIpc) is 3.62. The number of hydrogen-bond donors (Lipinski definition) is 1. The van der Waals surface area contributed by atoms with Gasteiger partial charge in [-0.3, -0.25) is 9.59 Å². The van der Waals surface area contributed by atoms with E-state index in [0.717, 1.165) is 62.3 Å². The van der Waals surface area contributed by atoms with Crippen LogP contribution in [0.25, 0.3) is 0 Å². The van der Waals surface area contributed by atoms with E-state index in [0.29, 0.717) is 5.92 Å². The Morgan fingerprint density at radius 3 is 2.30 bits per heavy atom. The number of benzene rings is 2. The standard InChI is InChI=1S/C32H43N3O2/c1-32(2,3)24-14-10-15-25(22-24)33-30(36)27-17-11-21-35(29(27)23-12-4-5-13-23)31(37)26-16-6-7-18-28(26)34-19-8-9-20-34/h6-7,10,14-16,18,22-23,27,29H,4-5,8-9,11-13,17,19-21H2,1-3H3,(H,33,36). The maximum Gasteiger partial charge on any atom is 0.256 e. The summed E-state index contributed by atoms with van der Waals surface area (Å²) in [5.41, 5.74) is 3.93. The summed E-state index contributed by atoms with van der Waals surface area (Å²) in [4.78, 5) is 32.5. The minimum absolute atomic E-state index is 0.0178. The van der Waals surface area contributed by atoms with Crippen molar-refractivity contribution in [2.24, 2.45) is 11.8 Å². The van der Waals surface area contributed by atoms with E-state index in [1.807, 2.05) is 30.3 Å². The van der Waals surface area contributed by atoms with E-state index < -0.39 is 0 Å². The van der Waals surface area contributed by atoms with Gasteiger partial charge < -0.3 is 15.1 Å². The van der Waals surface area contributed by atoms with Gasteiger partial charge in [-0.1, -0.05) is 57.9 Å². The van der Waals surface area contributed by atoms with Crippen LogP contribution in [0.4, 0.5) is 11.4 Å². The molecule has 2 aliphatic heterocycles. The molecule has 1 aliphatic carbocycles. The number of hydrogen-bond acceptors (Lipinski definition) is 3. The number of piperidine rings is 1. The van der Waals surface area contributed by atoms with Crippen LogP contribution in [0.2, 0.25) is 0 Å². The molecule has 2 aromatic rings. The Kier molecular flexibility index (Phi) is 7.60. The second-order valence-corrected chi connectivity index (χ2v) is 12.3. The molecule has 2 aromatic carbocycles. The molecule has 2 unspecified atom stereocenters. The monoisotopic (exact) mass is 501 g/mol. The maximum absolute atomic E-state index is 14.2. The molecule has 5 rings (SSSR count). The van der Waals surface area contributed by atoms with Crippen LogP contribution in [0, 0.1) is 11.8 Å². The Bertz CT molecular complexity index is 1110. The molecule has 1 N–H and O–H groups in total. The van der Waals surface area contributed by atoms with Gasteiger partial charge in [-0.05, 0) is 79.7 Å². The molecule has 2 heterocycles. The number of carbonyl (C=O) groups excluding carboxylic acids is 2. The van der Waals surface area contributed by atoms with Crippen molar-refractivity contribution in [3.8, 4) is 0 Å². The fourth-order valence-electron chi connectivity index (χ4n) is 6.77. The fraction of sp³-hybridized carbons (Fsp3) is 0.562. The zero-order valence-electron chi connectivity index (χ0n) is 22.8. The molecule has 5 nitrogen and oxygen atoms in total. The fourth-order valence-corrected chi connectivity index (χ4v) is 6.77. The Balaban J connectivity index is 1.42. The van der Waals surface area contributed by atoms with Gasteiger partial charge in [-0.15, -0.1) is 0 Å². The molecule has 1 saturated carbocycles. The quantitative estimate of drug-likeness (QED) is 0.500. The van der Waals surface area contributed by atoms with Crippen LogP contribution in [0.1, 0.15) is 88.1 Å². The first kappa shape index (κ1) is 25.8. The van der Waals surface area contributed by atoms with Gasteiger partial charge in [0.05, 0.1) is 11.5 Å². The first-order chi connectivity index (χ1) is 17.8. The maximum atomic E-state index is 14.2. The Labute approximate surface area is 222 Å². The molecular weight excluding hydrogens is 458 g/mol. The van der Waals surface area contributed by atoms with Crippen molar-refractivity contribution < 1.29 is 9.59 Å². The van der Waals surface area contributed by atoms with Gasteiger partial charge in [-0.25, -0.2) is 0 Å². The van der Waals surface area contributed by atoms with Gasteiger partial charge >= 0.3 is 0 Å². The predicted molar refractivity (Wildman–Crippen MR) is 151 cm³/mol. The first-order valence-corrected chi connectivity index (χ1v) is 14.4. The zero-order valence-corrected chi connectivity index (χ0v) is 22.8. The molecule has 0 spiro atoms. The van der Waals surface area contributed by atoms with Crippen molar-refractivity contribution >= 4 is 23.2 Å². The number of carbonyl (C=O) groups is 2. The number of nitrogens with one attached hydrogen (secondary N) is 1.